The van der Waals surface area contributed by atoms with E-state index in [0.717, 1.165) is 25.9 Å². The lowest BCUT2D eigenvalue weighted by Crippen LogP contribution is -2.47. The molecule has 1 N–H and O–H groups in total. The van der Waals surface area contributed by atoms with E-state index in [2.05, 4.69) is 10.3 Å². The minimum atomic E-state index is -3.36. The Hall–Kier alpha value is -0.980. The average molecular weight is 283 g/mol. The third-order valence-electron chi connectivity index (χ3n) is 3.74. The van der Waals surface area contributed by atoms with Crippen LogP contribution in [0.1, 0.15) is 30.7 Å². The third-order valence-corrected chi connectivity index (χ3v) is 5.97. The Labute approximate surface area is 115 Å². The van der Waals surface area contributed by atoms with E-state index in [0.29, 0.717) is 5.69 Å². The van der Waals surface area contributed by atoms with Gasteiger partial charge in [0.15, 0.2) is 0 Å². The lowest BCUT2D eigenvalue weighted by Gasteiger charge is -2.32. The number of nitrogens with zero attached hydrogens (tertiary/aromatic N) is 2. The van der Waals surface area contributed by atoms with Crippen molar-refractivity contribution in [3.8, 4) is 0 Å². The fourth-order valence-electron chi connectivity index (χ4n) is 2.37. The highest BCUT2D eigenvalue weighted by atomic mass is 32.2. The van der Waals surface area contributed by atoms with Crippen LogP contribution >= 0.6 is 0 Å². The minimum absolute atomic E-state index is 0.0462. The monoisotopic (exact) mass is 283 g/mol. The Balaban J connectivity index is 2.17. The highest BCUT2D eigenvalue weighted by molar-refractivity contribution is 7.89. The smallest absolute Gasteiger partial charge is 0.222 e. The van der Waals surface area contributed by atoms with E-state index in [-0.39, 0.29) is 6.04 Å². The van der Waals surface area contributed by atoms with Crippen molar-refractivity contribution >= 4 is 10.0 Å². The van der Waals surface area contributed by atoms with E-state index in [1.807, 2.05) is 6.07 Å². The Morgan fingerprint density at radius 1 is 1.47 bits per heavy atom. The number of likely N-dealkylation sites (N-methyl/N-ethyl adjacent to an activating group) is 1. The number of aromatic nitrogens is 1. The second-order valence-electron chi connectivity index (χ2n) is 4.96. The van der Waals surface area contributed by atoms with Crippen LogP contribution < -0.4 is 5.32 Å². The molecule has 1 aliphatic rings. The molecule has 0 saturated carbocycles. The molecule has 0 radical (unpaired) electrons. The molecular formula is C13H21N3O2S. The largest absolute Gasteiger partial charge is 0.315 e. The summed E-state index contributed by atoms with van der Waals surface area (Å²) in [5.41, 5.74) is 0.595. The van der Waals surface area contributed by atoms with Gasteiger partial charge in [0, 0.05) is 25.8 Å². The molecule has 0 spiro atoms. The molecule has 6 heteroatoms. The molecule has 0 aliphatic carbocycles. The SMILES string of the molecule is C[C@H](c1ccccn1)S(=O)(=O)N(C)[C@@H]1CCCNC1. The molecule has 2 heterocycles. The molecule has 1 aromatic rings. The minimum Gasteiger partial charge on any atom is -0.315 e. The fraction of sp³-hybridized carbons (Fsp3) is 0.615. The van der Waals surface area contributed by atoms with Crippen LogP contribution in [0.3, 0.4) is 0 Å². The highest BCUT2D eigenvalue weighted by Gasteiger charge is 2.33. The molecule has 1 aromatic heterocycles. The summed E-state index contributed by atoms with van der Waals surface area (Å²) in [4.78, 5) is 4.15. The molecule has 1 fully saturated rings. The zero-order chi connectivity index (χ0) is 13.9. The summed E-state index contributed by atoms with van der Waals surface area (Å²) in [6.45, 7) is 3.40. The number of hydrogen-bond acceptors (Lipinski definition) is 4. The first-order chi connectivity index (χ1) is 9.03. The van der Waals surface area contributed by atoms with E-state index in [4.69, 9.17) is 0 Å². The fourth-order valence-corrected chi connectivity index (χ4v) is 3.91. The van der Waals surface area contributed by atoms with Crippen molar-refractivity contribution in [2.45, 2.75) is 31.1 Å². The van der Waals surface area contributed by atoms with Crippen LogP contribution in [0.25, 0.3) is 0 Å². The van der Waals surface area contributed by atoms with Gasteiger partial charge in [-0.25, -0.2) is 12.7 Å². The highest BCUT2D eigenvalue weighted by Crippen LogP contribution is 2.25. The van der Waals surface area contributed by atoms with Gasteiger partial charge in [0.05, 0.1) is 5.69 Å². The van der Waals surface area contributed by atoms with Crippen molar-refractivity contribution < 1.29 is 8.42 Å². The normalized spacial score (nSPS) is 22.4. The quantitative estimate of drug-likeness (QED) is 0.900. The first-order valence-electron chi connectivity index (χ1n) is 6.62. The van der Waals surface area contributed by atoms with Crippen LogP contribution in [0.15, 0.2) is 24.4 Å². The predicted octanol–water partition coefficient (Wildman–Crippen LogP) is 1.16. The Kier molecular flexibility index (Phi) is 4.54. The standard InChI is InChI=1S/C13H21N3O2S/c1-11(13-7-3-4-9-15-13)19(17,18)16(2)12-6-5-8-14-10-12/h3-4,7,9,11-12,14H,5-6,8,10H2,1-2H3/t11-,12-/m1/s1. The van der Waals surface area contributed by atoms with Crippen LogP contribution in [0.4, 0.5) is 0 Å². The molecule has 0 amide bonds. The maximum Gasteiger partial charge on any atom is 0.222 e. The number of piperidine rings is 1. The van der Waals surface area contributed by atoms with E-state index in [9.17, 15) is 8.42 Å². The van der Waals surface area contributed by atoms with E-state index in [1.54, 1.807) is 32.3 Å². The summed E-state index contributed by atoms with van der Waals surface area (Å²) >= 11 is 0. The average Bonchev–Trinajstić information content (AvgIpc) is 2.47. The van der Waals surface area contributed by atoms with Gasteiger partial charge in [0.2, 0.25) is 10.0 Å². The first-order valence-corrected chi connectivity index (χ1v) is 8.12. The van der Waals surface area contributed by atoms with Crippen LogP contribution in [0.5, 0.6) is 0 Å². The Morgan fingerprint density at radius 3 is 2.84 bits per heavy atom. The zero-order valence-electron chi connectivity index (χ0n) is 11.4. The second-order valence-corrected chi connectivity index (χ2v) is 7.27. The second kappa shape index (κ2) is 5.98. The van der Waals surface area contributed by atoms with E-state index in [1.165, 1.54) is 4.31 Å². The molecule has 0 unspecified atom stereocenters. The maximum absolute atomic E-state index is 12.6. The van der Waals surface area contributed by atoms with Crippen molar-refractivity contribution in [3.63, 3.8) is 0 Å². The van der Waals surface area contributed by atoms with Crippen molar-refractivity contribution in [1.82, 2.24) is 14.6 Å². The third kappa shape index (κ3) is 3.13. The summed E-state index contributed by atoms with van der Waals surface area (Å²) in [5.74, 6) is 0. The van der Waals surface area contributed by atoms with E-state index < -0.39 is 15.3 Å². The number of hydrogen-bond donors (Lipinski definition) is 1. The Morgan fingerprint density at radius 2 is 2.26 bits per heavy atom. The summed E-state index contributed by atoms with van der Waals surface area (Å²) < 4.78 is 26.7. The van der Waals surface area contributed by atoms with Gasteiger partial charge in [-0.15, -0.1) is 0 Å². The number of pyridine rings is 1. The molecular weight excluding hydrogens is 262 g/mol. The lowest BCUT2D eigenvalue weighted by atomic mass is 10.1. The van der Waals surface area contributed by atoms with Gasteiger partial charge in [-0.2, -0.15) is 0 Å². The van der Waals surface area contributed by atoms with Gasteiger partial charge in [-0.1, -0.05) is 6.07 Å². The van der Waals surface area contributed by atoms with Crippen molar-refractivity contribution in [2.75, 3.05) is 20.1 Å². The number of nitrogens with one attached hydrogen (secondary N) is 1. The summed E-state index contributed by atoms with van der Waals surface area (Å²) in [6, 6.07) is 5.41. The Bertz CT molecular complexity index is 498. The molecule has 5 nitrogen and oxygen atoms in total. The molecule has 0 aromatic carbocycles. The number of rotatable bonds is 4. The summed E-state index contributed by atoms with van der Waals surface area (Å²) in [5, 5.41) is 2.63. The molecule has 0 bridgehead atoms. The first kappa shape index (κ1) is 14.4. The molecule has 1 aliphatic heterocycles. The van der Waals surface area contributed by atoms with Gasteiger partial charge in [-0.05, 0) is 38.4 Å². The molecule has 2 atom stereocenters. The van der Waals surface area contributed by atoms with Gasteiger partial charge in [-0.3, -0.25) is 4.98 Å². The lowest BCUT2D eigenvalue weighted by molar-refractivity contribution is 0.297. The van der Waals surface area contributed by atoms with Crippen LogP contribution in [0.2, 0.25) is 0 Å². The van der Waals surface area contributed by atoms with Crippen molar-refractivity contribution in [3.05, 3.63) is 30.1 Å². The molecule has 2 rings (SSSR count). The van der Waals surface area contributed by atoms with Crippen LogP contribution in [-0.4, -0.2) is 43.9 Å². The van der Waals surface area contributed by atoms with Crippen LogP contribution in [-0.2, 0) is 10.0 Å². The zero-order valence-corrected chi connectivity index (χ0v) is 12.2. The summed E-state index contributed by atoms with van der Waals surface area (Å²) in [7, 11) is -1.69. The van der Waals surface area contributed by atoms with Gasteiger partial charge in [0.25, 0.3) is 0 Å². The maximum atomic E-state index is 12.6. The molecule has 19 heavy (non-hydrogen) atoms. The van der Waals surface area contributed by atoms with Crippen molar-refractivity contribution in [2.24, 2.45) is 0 Å². The topological polar surface area (TPSA) is 62.3 Å². The van der Waals surface area contributed by atoms with E-state index >= 15 is 0 Å². The number of sulfonamides is 1. The predicted molar refractivity (Wildman–Crippen MR) is 75.2 cm³/mol. The summed E-state index contributed by atoms with van der Waals surface area (Å²) in [6.07, 6.45) is 3.56. The van der Waals surface area contributed by atoms with Crippen LogP contribution in [0, 0.1) is 0 Å². The molecule has 106 valence electrons. The van der Waals surface area contributed by atoms with Gasteiger partial charge in [0.1, 0.15) is 5.25 Å². The van der Waals surface area contributed by atoms with Crippen molar-refractivity contribution in [1.29, 1.82) is 0 Å². The van der Waals surface area contributed by atoms with Gasteiger partial charge >= 0.3 is 0 Å². The van der Waals surface area contributed by atoms with Gasteiger partial charge < -0.3 is 5.32 Å². The molecule has 1 saturated heterocycles.